The lowest BCUT2D eigenvalue weighted by Gasteiger charge is -2.20. The van der Waals surface area contributed by atoms with Crippen LogP contribution in [-0.2, 0) is 0 Å². The van der Waals surface area contributed by atoms with Gasteiger partial charge in [-0.05, 0) is 77.0 Å². The highest BCUT2D eigenvalue weighted by Gasteiger charge is 2.20. The van der Waals surface area contributed by atoms with Gasteiger partial charge in [-0.2, -0.15) is 0 Å². The molecule has 0 saturated carbocycles. The Kier molecular flexibility index (Phi) is 6.17. The molecule has 1 aromatic heterocycles. The van der Waals surface area contributed by atoms with E-state index in [0.29, 0.717) is 0 Å². The van der Waals surface area contributed by atoms with Crippen LogP contribution in [0.15, 0.2) is 170 Å². The first-order valence-electron chi connectivity index (χ1n) is 15.7. The summed E-state index contributed by atoms with van der Waals surface area (Å²) in [6, 6.07) is 56.6. The zero-order valence-corrected chi connectivity index (χ0v) is 25.1. The molecule has 1 heterocycles. The van der Waals surface area contributed by atoms with Gasteiger partial charge >= 0.3 is 0 Å². The van der Waals surface area contributed by atoms with E-state index in [0.717, 1.165) is 22.5 Å². The maximum Gasteiger partial charge on any atom is 0.159 e. The summed E-state index contributed by atoms with van der Waals surface area (Å²) in [5.41, 5.74) is 8.07. The quantitative estimate of drug-likeness (QED) is 0.192. The Morgan fingerprint density at radius 1 is 0.304 bits per heavy atom. The second-order valence-corrected chi connectivity index (χ2v) is 11.8. The van der Waals surface area contributed by atoms with Crippen LogP contribution in [0.1, 0.15) is 0 Å². The lowest BCUT2D eigenvalue weighted by atomic mass is 9.83. The Labute approximate surface area is 267 Å². The molecule has 0 N–H and O–H groups in total. The van der Waals surface area contributed by atoms with Gasteiger partial charge in [0.25, 0.3) is 0 Å². The van der Waals surface area contributed by atoms with Gasteiger partial charge in [-0.3, -0.25) is 0 Å². The Morgan fingerprint density at radius 2 is 0.783 bits per heavy atom. The molecule has 0 fully saturated rings. The zero-order chi connectivity index (χ0) is 30.5. The van der Waals surface area contributed by atoms with E-state index in [2.05, 4.69) is 127 Å². The van der Waals surface area contributed by atoms with Crippen LogP contribution in [0.4, 0.5) is 0 Å². The highest BCUT2D eigenvalue weighted by molar-refractivity contribution is 6.25. The van der Waals surface area contributed by atoms with Crippen LogP contribution in [0.25, 0.3) is 87.9 Å². The van der Waals surface area contributed by atoms with Crippen molar-refractivity contribution in [2.45, 2.75) is 0 Å². The smallest absolute Gasteiger partial charge is 0.159 e. The van der Waals surface area contributed by atoms with E-state index in [1.54, 1.807) is 0 Å². The second kappa shape index (κ2) is 10.8. The molecule has 214 valence electrons. The van der Waals surface area contributed by atoms with Crippen LogP contribution < -0.4 is 0 Å². The van der Waals surface area contributed by atoms with Gasteiger partial charge in [0, 0.05) is 23.5 Å². The molecule has 0 bridgehead atoms. The SMILES string of the molecule is c1ccc(-c2ncc(-c3ccc4c(-c5cccc6ccccc56)c5ccccc5c(-c5cccc6ccccc56)c4c3)cn2)cc1. The summed E-state index contributed by atoms with van der Waals surface area (Å²) >= 11 is 0. The Morgan fingerprint density at radius 3 is 1.39 bits per heavy atom. The number of nitrogens with zero attached hydrogens (tertiary/aromatic N) is 2. The van der Waals surface area contributed by atoms with E-state index in [4.69, 9.17) is 9.97 Å². The minimum atomic E-state index is 0.728. The molecule has 2 nitrogen and oxygen atoms in total. The fourth-order valence-electron chi connectivity index (χ4n) is 7.04. The number of hydrogen-bond donors (Lipinski definition) is 0. The number of hydrogen-bond acceptors (Lipinski definition) is 2. The predicted molar refractivity (Wildman–Crippen MR) is 194 cm³/mol. The molecule has 0 unspecified atom stereocenters. The maximum atomic E-state index is 4.77. The van der Waals surface area contributed by atoms with Crippen molar-refractivity contribution in [2.75, 3.05) is 0 Å². The monoisotopic (exact) mass is 584 g/mol. The van der Waals surface area contributed by atoms with Gasteiger partial charge in [0.1, 0.15) is 0 Å². The van der Waals surface area contributed by atoms with Crippen LogP contribution in [-0.4, -0.2) is 9.97 Å². The third kappa shape index (κ3) is 4.27. The van der Waals surface area contributed by atoms with Crippen molar-refractivity contribution in [1.29, 1.82) is 0 Å². The predicted octanol–water partition coefficient (Wildman–Crippen LogP) is 11.8. The summed E-state index contributed by atoms with van der Waals surface area (Å²) in [6.45, 7) is 0. The van der Waals surface area contributed by atoms with Gasteiger partial charge in [0.05, 0.1) is 0 Å². The molecule has 0 atom stereocenters. The van der Waals surface area contributed by atoms with Crippen LogP contribution in [0.3, 0.4) is 0 Å². The lowest BCUT2D eigenvalue weighted by Crippen LogP contribution is -1.94. The van der Waals surface area contributed by atoms with Crippen LogP contribution in [0.2, 0.25) is 0 Å². The van der Waals surface area contributed by atoms with E-state index in [-0.39, 0.29) is 0 Å². The van der Waals surface area contributed by atoms with Crippen LogP contribution in [0.5, 0.6) is 0 Å². The number of aromatic nitrogens is 2. The Bertz CT molecular complexity index is 2560. The third-order valence-electron chi connectivity index (χ3n) is 9.16. The molecular formula is C44H28N2. The first-order valence-corrected chi connectivity index (χ1v) is 15.7. The fourth-order valence-corrected chi connectivity index (χ4v) is 7.04. The molecule has 0 aliphatic rings. The highest BCUT2D eigenvalue weighted by Crippen LogP contribution is 2.47. The van der Waals surface area contributed by atoms with Crippen molar-refractivity contribution in [1.82, 2.24) is 9.97 Å². The fraction of sp³-hybridized carbons (Fsp3) is 0. The molecule has 8 aromatic carbocycles. The average Bonchev–Trinajstić information content (AvgIpc) is 3.14. The minimum Gasteiger partial charge on any atom is -0.236 e. The number of fused-ring (bicyclic) bond motifs is 4. The lowest BCUT2D eigenvalue weighted by molar-refractivity contribution is 1.18. The molecular weight excluding hydrogens is 556 g/mol. The third-order valence-corrected chi connectivity index (χ3v) is 9.16. The molecule has 9 aromatic rings. The second-order valence-electron chi connectivity index (χ2n) is 11.8. The normalized spacial score (nSPS) is 11.5. The molecule has 0 saturated heterocycles. The van der Waals surface area contributed by atoms with Crippen molar-refractivity contribution in [2.24, 2.45) is 0 Å². The van der Waals surface area contributed by atoms with Gasteiger partial charge in [0.2, 0.25) is 0 Å². The zero-order valence-electron chi connectivity index (χ0n) is 25.1. The van der Waals surface area contributed by atoms with E-state index >= 15 is 0 Å². The molecule has 0 aliphatic heterocycles. The van der Waals surface area contributed by atoms with Crippen molar-refractivity contribution in [3.63, 3.8) is 0 Å². The Balaban J connectivity index is 1.38. The van der Waals surface area contributed by atoms with Crippen molar-refractivity contribution >= 4 is 43.1 Å². The number of benzene rings is 8. The summed E-state index contributed by atoms with van der Waals surface area (Å²) in [7, 11) is 0. The largest absolute Gasteiger partial charge is 0.236 e. The molecule has 0 radical (unpaired) electrons. The maximum absolute atomic E-state index is 4.77. The molecule has 0 aliphatic carbocycles. The van der Waals surface area contributed by atoms with Gasteiger partial charge in [-0.25, -0.2) is 9.97 Å². The minimum absolute atomic E-state index is 0.728. The molecule has 9 rings (SSSR count). The molecule has 0 spiro atoms. The Hall–Kier alpha value is -6.12. The van der Waals surface area contributed by atoms with E-state index < -0.39 is 0 Å². The van der Waals surface area contributed by atoms with Crippen molar-refractivity contribution in [3.8, 4) is 44.8 Å². The summed E-state index contributed by atoms with van der Waals surface area (Å²) in [5.74, 6) is 0.728. The summed E-state index contributed by atoms with van der Waals surface area (Å²) in [5, 5.41) is 9.89. The first-order chi connectivity index (χ1) is 22.8. The standard InChI is InChI=1S/C44H28N2/c1-2-14-31(15-3-1)44-45-27-33(28-46-44)32-24-25-40-41(26-32)43(37-23-11-17-30-13-5-7-19-35(30)37)39-21-9-8-20-38(39)42(40)36-22-10-16-29-12-4-6-18-34(29)36/h1-28H. The summed E-state index contributed by atoms with van der Waals surface area (Å²) < 4.78 is 0. The van der Waals surface area contributed by atoms with Crippen molar-refractivity contribution in [3.05, 3.63) is 170 Å². The van der Waals surface area contributed by atoms with E-state index in [9.17, 15) is 0 Å². The van der Waals surface area contributed by atoms with Crippen LogP contribution in [0, 0.1) is 0 Å². The molecule has 2 heteroatoms. The summed E-state index contributed by atoms with van der Waals surface area (Å²) in [6.07, 6.45) is 3.89. The van der Waals surface area contributed by atoms with Crippen LogP contribution >= 0.6 is 0 Å². The summed E-state index contributed by atoms with van der Waals surface area (Å²) in [4.78, 5) is 9.53. The average molecular weight is 585 g/mol. The van der Waals surface area contributed by atoms with Gasteiger partial charge in [-0.15, -0.1) is 0 Å². The van der Waals surface area contributed by atoms with E-state index in [1.165, 1.54) is 65.3 Å². The first kappa shape index (κ1) is 26.3. The van der Waals surface area contributed by atoms with E-state index in [1.807, 2.05) is 42.7 Å². The van der Waals surface area contributed by atoms with Gasteiger partial charge in [0.15, 0.2) is 5.82 Å². The van der Waals surface area contributed by atoms with Crippen molar-refractivity contribution < 1.29 is 0 Å². The molecule has 0 amide bonds. The van der Waals surface area contributed by atoms with Gasteiger partial charge < -0.3 is 0 Å². The highest BCUT2D eigenvalue weighted by atomic mass is 14.9. The number of rotatable bonds is 4. The topological polar surface area (TPSA) is 25.8 Å². The molecule has 46 heavy (non-hydrogen) atoms. The van der Waals surface area contributed by atoms with Gasteiger partial charge in [-0.1, -0.05) is 152 Å².